The van der Waals surface area contributed by atoms with Crippen molar-refractivity contribution in [2.24, 2.45) is 0 Å². The molecule has 0 radical (unpaired) electrons. The number of nitriles is 1. The fourth-order valence-electron chi connectivity index (χ4n) is 1.14. The second-order valence-corrected chi connectivity index (χ2v) is 4.59. The van der Waals surface area contributed by atoms with Gasteiger partial charge in [-0.3, -0.25) is 0 Å². The van der Waals surface area contributed by atoms with Crippen molar-refractivity contribution in [1.82, 2.24) is 0 Å². The fraction of sp³-hybridized carbons (Fsp3) is 0.231. The van der Waals surface area contributed by atoms with Crippen LogP contribution >= 0.6 is 15.9 Å². The third-order valence-electron chi connectivity index (χ3n) is 1.86. The minimum absolute atomic E-state index is 0.000947. The Morgan fingerprint density at radius 1 is 1.41 bits per heavy atom. The quantitative estimate of drug-likeness (QED) is 0.488. The summed E-state index contributed by atoms with van der Waals surface area (Å²) in [6, 6.07) is 9.15. The second-order valence-electron chi connectivity index (χ2n) is 3.68. The number of benzene rings is 1. The molecule has 0 N–H and O–H groups in total. The predicted molar refractivity (Wildman–Crippen MR) is 69.0 cm³/mol. The molecule has 88 valence electrons. The van der Waals surface area contributed by atoms with Crippen LogP contribution < -0.4 is 0 Å². The maximum Gasteiger partial charge on any atom is 0.349 e. The predicted octanol–water partition coefficient (Wildman–Crippen LogP) is 3.31. The summed E-state index contributed by atoms with van der Waals surface area (Å²) in [4.78, 5) is 11.5. The molecule has 0 heterocycles. The van der Waals surface area contributed by atoms with Crippen molar-refractivity contribution in [1.29, 1.82) is 5.26 Å². The van der Waals surface area contributed by atoms with Gasteiger partial charge in [-0.05, 0) is 37.6 Å². The molecule has 0 amide bonds. The molecule has 1 rings (SSSR count). The highest BCUT2D eigenvalue weighted by molar-refractivity contribution is 9.10. The molecule has 3 nitrogen and oxygen atoms in total. The van der Waals surface area contributed by atoms with Gasteiger partial charge in [0.05, 0.1) is 6.10 Å². The molecular weight excluding hydrogens is 282 g/mol. The lowest BCUT2D eigenvalue weighted by Gasteiger charge is -2.06. The summed E-state index contributed by atoms with van der Waals surface area (Å²) in [6.45, 7) is 3.49. The van der Waals surface area contributed by atoms with Gasteiger partial charge in [-0.2, -0.15) is 5.26 Å². The molecule has 0 aliphatic rings. The maximum atomic E-state index is 11.5. The van der Waals surface area contributed by atoms with Crippen LogP contribution in [0.4, 0.5) is 0 Å². The van der Waals surface area contributed by atoms with Crippen molar-refractivity contribution in [3.63, 3.8) is 0 Å². The lowest BCUT2D eigenvalue weighted by molar-refractivity contribution is -0.142. The zero-order chi connectivity index (χ0) is 12.8. The number of carbonyl (C=O) groups is 1. The molecule has 4 heteroatoms. The van der Waals surface area contributed by atoms with Crippen molar-refractivity contribution in [3.05, 3.63) is 39.9 Å². The standard InChI is InChI=1S/C13H12BrNO2/c1-9(2)17-13(16)11(8-15)7-10-3-5-12(14)6-4-10/h3-7,9H,1-2H3. The molecule has 1 aromatic rings. The van der Waals surface area contributed by atoms with E-state index in [1.165, 1.54) is 6.08 Å². The molecule has 0 aliphatic carbocycles. The van der Waals surface area contributed by atoms with Gasteiger partial charge < -0.3 is 4.74 Å². The summed E-state index contributed by atoms with van der Waals surface area (Å²) in [5.41, 5.74) is 0.784. The van der Waals surface area contributed by atoms with Crippen LogP contribution in [0.25, 0.3) is 6.08 Å². The molecule has 17 heavy (non-hydrogen) atoms. The highest BCUT2D eigenvalue weighted by atomic mass is 79.9. The van der Waals surface area contributed by atoms with Gasteiger partial charge in [0.2, 0.25) is 0 Å². The lowest BCUT2D eigenvalue weighted by Crippen LogP contribution is -2.12. The Balaban J connectivity index is 2.91. The van der Waals surface area contributed by atoms with E-state index >= 15 is 0 Å². The fourth-order valence-corrected chi connectivity index (χ4v) is 1.40. The van der Waals surface area contributed by atoms with Crippen LogP contribution in [-0.2, 0) is 9.53 Å². The van der Waals surface area contributed by atoms with E-state index < -0.39 is 5.97 Å². The van der Waals surface area contributed by atoms with Crippen molar-refractivity contribution in [3.8, 4) is 6.07 Å². The minimum atomic E-state index is -0.592. The van der Waals surface area contributed by atoms with Crippen LogP contribution in [-0.4, -0.2) is 12.1 Å². The van der Waals surface area contributed by atoms with Gasteiger partial charge in [-0.1, -0.05) is 28.1 Å². The van der Waals surface area contributed by atoms with Crippen molar-refractivity contribution in [2.75, 3.05) is 0 Å². The van der Waals surface area contributed by atoms with Crippen LogP contribution in [0.2, 0.25) is 0 Å². The highest BCUT2D eigenvalue weighted by Crippen LogP contribution is 2.13. The van der Waals surface area contributed by atoms with Gasteiger partial charge in [-0.25, -0.2) is 4.79 Å². The van der Waals surface area contributed by atoms with Gasteiger partial charge in [0.25, 0.3) is 0 Å². The number of esters is 1. The zero-order valence-electron chi connectivity index (χ0n) is 9.61. The number of hydrogen-bond acceptors (Lipinski definition) is 3. The van der Waals surface area contributed by atoms with E-state index in [9.17, 15) is 4.79 Å². The summed E-state index contributed by atoms with van der Waals surface area (Å²) in [5.74, 6) is -0.592. The third-order valence-corrected chi connectivity index (χ3v) is 2.39. The van der Waals surface area contributed by atoms with Crippen molar-refractivity contribution in [2.45, 2.75) is 20.0 Å². The average Bonchev–Trinajstić information content (AvgIpc) is 2.27. The van der Waals surface area contributed by atoms with Crippen molar-refractivity contribution < 1.29 is 9.53 Å². The molecule has 0 atom stereocenters. The molecular formula is C13H12BrNO2. The smallest absolute Gasteiger partial charge is 0.349 e. The first-order chi connectivity index (χ1) is 8.02. The first kappa shape index (κ1) is 13.5. The second kappa shape index (κ2) is 6.21. The number of ether oxygens (including phenoxy) is 1. The molecule has 0 saturated carbocycles. The lowest BCUT2D eigenvalue weighted by atomic mass is 10.1. The Morgan fingerprint density at radius 3 is 2.47 bits per heavy atom. The normalized spacial score (nSPS) is 11.1. The number of nitrogens with zero attached hydrogens (tertiary/aromatic N) is 1. The maximum absolute atomic E-state index is 11.5. The van der Waals surface area contributed by atoms with E-state index in [0.29, 0.717) is 0 Å². The minimum Gasteiger partial charge on any atom is -0.459 e. The Morgan fingerprint density at radius 2 is 2.00 bits per heavy atom. The van der Waals surface area contributed by atoms with Gasteiger partial charge in [-0.15, -0.1) is 0 Å². The average molecular weight is 294 g/mol. The van der Waals surface area contributed by atoms with Gasteiger partial charge in [0.1, 0.15) is 11.6 Å². The van der Waals surface area contributed by atoms with E-state index in [1.807, 2.05) is 30.3 Å². The first-order valence-corrected chi connectivity index (χ1v) is 5.90. The molecule has 0 bridgehead atoms. The van der Waals surface area contributed by atoms with Crippen LogP contribution in [0.1, 0.15) is 19.4 Å². The molecule has 1 aromatic carbocycles. The van der Waals surface area contributed by atoms with E-state index in [2.05, 4.69) is 15.9 Å². The van der Waals surface area contributed by atoms with Crippen LogP contribution in [0.15, 0.2) is 34.3 Å². The summed E-state index contributed by atoms with van der Waals surface area (Å²) in [5, 5.41) is 8.90. The van der Waals surface area contributed by atoms with E-state index in [4.69, 9.17) is 10.00 Å². The summed E-state index contributed by atoms with van der Waals surface area (Å²) in [7, 11) is 0. The number of carbonyl (C=O) groups excluding carboxylic acids is 1. The van der Waals surface area contributed by atoms with Crippen LogP contribution in [0.3, 0.4) is 0 Å². The Labute approximate surface area is 109 Å². The Kier molecular flexibility index (Phi) is 4.92. The molecule has 0 spiro atoms. The molecule has 0 unspecified atom stereocenters. The number of halogens is 1. The zero-order valence-corrected chi connectivity index (χ0v) is 11.2. The van der Waals surface area contributed by atoms with Gasteiger partial charge in [0, 0.05) is 4.47 Å². The van der Waals surface area contributed by atoms with Crippen LogP contribution in [0.5, 0.6) is 0 Å². The van der Waals surface area contributed by atoms with Crippen molar-refractivity contribution >= 4 is 28.0 Å². The Hall–Kier alpha value is -1.60. The molecule has 0 aliphatic heterocycles. The summed E-state index contributed by atoms with van der Waals surface area (Å²) >= 11 is 3.31. The van der Waals surface area contributed by atoms with E-state index in [0.717, 1.165) is 10.0 Å². The highest BCUT2D eigenvalue weighted by Gasteiger charge is 2.12. The van der Waals surface area contributed by atoms with Gasteiger partial charge in [0.15, 0.2) is 0 Å². The van der Waals surface area contributed by atoms with Gasteiger partial charge >= 0.3 is 5.97 Å². The molecule has 0 aromatic heterocycles. The monoisotopic (exact) mass is 293 g/mol. The SMILES string of the molecule is CC(C)OC(=O)C(C#N)=Cc1ccc(Br)cc1. The first-order valence-electron chi connectivity index (χ1n) is 5.11. The number of hydrogen-bond donors (Lipinski definition) is 0. The van der Waals surface area contributed by atoms with E-state index in [1.54, 1.807) is 13.8 Å². The number of rotatable bonds is 3. The summed E-state index contributed by atoms with van der Waals surface area (Å²) in [6.07, 6.45) is 1.28. The molecule has 0 saturated heterocycles. The summed E-state index contributed by atoms with van der Waals surface area (Å²) < 4.78 is 5.90. The topological polar surface area (TPSA) is 50.1 Å². The Bertz CT molecular complexity index is 469. The largest absolute Gasteiger partial charge is 0.459 e. The van der Waals surface area contributed by atoms with Crippen LogP contribution in [0, 0.1) is 11.3 Å². The van der Waals surface area contributed by atoms with E-state index in [-0.39, 0.29) is 11.7 Å². The third kappa shape index (κ3) is 4.41. The molecule has 0 fully saturated rings.